The number of rotatable bonds is 2. The molecule has 0 amide bonds. The van der Waals surface area contributed by atoms with E-state index in [2.05, 4.69) is 5.16 Å². The predicted molar refractivity (Wildman–Crippen MR) is 50.7 cm³/mol. The van der Waals surface area contributed by atoms with Gasteiger partial charge in [-0.3, -0.25) is 4.79 Å². The minimum atomic E-state index is -0.329. The van der Waals surface area contributed by atoms with Crippen LogP contribution in [0.15, 0.2) is 29.4 Å². The third kappa shape index (κ3) is 2.29. The van der Waals surface area contributed by atoms with E-state index in [0.29, 0.717) is 10.6 Å². The Kier molecular flexibility index (Phi) is 3.03. The number of benzene rings is 1. The smallest absolute Gasteiger partial charge is 0.210 e. The Hall–Kier alpha value is -1.35. The highest BCUT2D eigenvalue weighted by molar-refractivity contribution is 6.45. The van der Waals surface area contributed by atoms with Crippen molar-refractivity contribution in [2.75, 3.05) is 0 Å². The molecule has 0 unspecified atom stereocenters. The number of halogens is 1. The fraction of sp³-hybridized carbons (Fsp3) is 0.111. The summed E-state index contributed by atoms with van der Waals surface area (Å²) in [6.07, 6.45) is 0. The number of carbonyl (C=O) groups excluding carboxylic acids is 1. The van der Waals surface area contributed by atoms with Gasteiger partial charge >= 0.3 is 0 Å². The molecular weight excluding hydrogens is 190 g/mol. The lowest BCUT2D eigenvalue weighted by Gasteiger charge is -1.98. The van der Waals surface area contributed by atoms with Crippen molar-refractivity contribution in [3.8, 4) is 0 Å². The van der Waals surface area contributed by atoms with E-state index in [1.54, 1.807) is 18.2 Å². The zero-order valence-corrected chi connectivity index (χ0v) is 7.75. The van der Waals surface area contributed by atoms with Crippen molar-refractivity contribution in [2.24, 2.45) is 5.16 Å². The van der Waals surface area contributed by atoms with Gasteiger partial charge in [-0.25, -0.2) is 0 Å². The van der Waals surface area contributed by atoms with Gasteiger partial charge in [0.2, 0.25) is 5.78 Å². The molecule has 0 atom stereocenters. The van der Waals surface area contributed by atoms with Crippen LogP contribution in [-0.2, 0) is 0 Å². The quantitative estimate of drug-likeness (QED) is 0.343. The van der Waals surface area contributed by atoms with Gasteiger partial charge in [0.25, 0.3) is 0 Å². The van der Waals surface area contributed by atoms with Crippen LogP contribution in [0.2, 0.25) is 5.02 Å². The number of hydrogen-bond donors (Lipinski definition) is 1. The van der Waals surface area contributed by atoms with E-state index in [1.807, 2.05) is 0 Å². The molecule has 0 heterocycles. The lowest BCUT2D eigenvalue weighted by atomic mass is 10.1. The lowest BCUT2D eigenvalue weighted by molar-refractivity contribution is 0.106. The average molecular weight is 198 g/mol. The molecule has 1 aromatic carbocycles. The average Bonchev–Trinajstić information content (AvgIpc) is 2.15. The summed E-state index contributed by atoms with van der Waals surface area (Å²) < 4.78 is 0. The van der Waals surface area contributed by atoms with Gasteiger partial charge in [-0.15, -0.1) is 0 Å². The number of carbonyl (C=O) groups is 1. The molecule has 0 bridgehead atoms. The molecule has 68 valence electrons. The number of ketones is 1. The molecule has 0 aliphatic rings. The van der Waals surface area contributed by atoms with Crippen LogP contribution < -0.4 is 0 Å². The first-order chi connectivity index (χ1) is 6.15. The standard InChI is InChI=1S/C9H8ClNO2/c1-6(11-13)9(12)7-3-2-4-8(10)5-7/h2-5,13H,1H3/b11-6+. The fourth-order valence-electron chi connectivity index (χ4n) is 0.884. The Bertz CT molecular complexity index is 360. The lowest BCUT2D eigenvalue weighted by Crippen LogP contribution is -2.10. The van der Waals surface area contributed by atoms with Crippen LogP contribution in [0.4, 0.5) is 0 Å². The topological polar surface area (TPSA) is 49.7 Å². The van der Waals surface area contributed by atoms with E-state index in [-0.39, 0.29) is 11.5 Å². The molecule has 0 radical (unpaired) electrons. The molecule has 0 spiro atoms. The van der Waals surface area contributed by atoms with E-state index < -0.39 is 0 Å². The number of oxime groups is 1. The molecule has 0 fully saturated rings. The van der Waals surface area contributed by atoms with Gasteiger partial charge in [0.05, 0.1) is 0 Å². The second-order valence-corrected chi connectivity index (χ2v) is 2.96. The van der Waals surface area contributed by atoms with Crippen LogP contribution in [0.25, 0.3) is 0 Å². The van der Waals surface area contributed by atoms with Gasteiger partial charge in [-0.1, -0.05) is 28.9 Å². The maximum Gasteiger partial charge on any atom is 0.210 e. The Labute approximate surface area is 80.6 Å². The van der Waals surface area contributed by atoms with E-state index in [4.69, 9.17) is 16.8 Å². The summed E-state index contributed by atoms with van der Waals surface area (Å²) in [5, 5.41) is 11.7. The first-order valence-corrected chi connectivity index (χ1v) is 4.02. The zero-order chi connectivity index (χ0) is 9.84. The normalized spacial score (nSPS) is 11.4. The summed E-state index contributed by atoms with van der Waals surface area (Å²) in [4.78, 5) is 11.4. The molecule has 1 rings (SSSR count). The minimum absolute atomic E-state index is 0.0438. The fourth-order valence-corrected chi connectivity index (χ4v) is 1.07. The molecular formula is C9H8ClNO2. The Morgan fingerprint density at radius 3 is 2.77 bits per heavy atom. The van der Waals surface area contributed by atoms with Gasteiger partial charge in [0.15, 0.2) is 0 Å². The van der Waals surface area contributed by atoms with Crippen molar-refractivity contribution in [1.29, 1.82) is 0 Å². The third-order valence-corrected chi connectivity index (χ3v) is 1.80. The molecule has 0 aromatic heterocycles. The van der Waals surface area contributed by atoms with E-state index >= 15 is 0 Å². The summed E-state index contributed by atoms with van der Waals surface area (Å²) in [6, 6.07) is 6.48. The summed E-state index contributed by atoms with van der Waals surface area (Å²) in [5.41, 5.74) is 0.463. The third-order valence-electron chi connectivity index (χ3n) is 1.57. The van der Waals surface area contributed by atoms with Crippen molar-refractivity contribution in [2.45, 2.75) is 6.92 Å². The van der Waals surface area contributed by atoms with Crippen LogP contribution in [0.3, 0.4) is 0 Å². The summed E-state index contributed by atoms with van der Waals surface area (Å²) >= 11 is 5.68. The predicted octanol–water partition coefficient (Wildman–Crippen LogP) is 2.37. The minimum Gasteiger partial charge on any atom is -0.411 e. The highest BCUT2D eigenvalue weighted by atomic mass is 35.5. The van der Waals surface area contributed by atoms with Crippen LogP contribution in [0.1, 0.15) is 17.3 Å². The first-order valence-electron chi connectivity index (χ1n) is 3.64. The highest BCUT2D eigenvalue weighted by Gasteiger charge is 2.09. The van der Waals surface area contributed by atoms with Crippen LogP contribution in [0.5, 0.6) is 0 Å². The first kappa shape index (κ1) is 9.74. The van der Waals surface area contributed by atoms with Crippen molar-refractivity contribution in [1.82, 2.24) is 0 Å². The molecule has 0 aliphatic heterocycles. The van der Waals surface area contributed by atoms with Gasteiger partial charge in [0.1, 0.15) is 5.71 Å². The number of hydrogen-bond acceptors (Lipinski definition) is 3. The van der Waals surface area contributed by atoms with Gasteiger partial charge in [0, 0.05) is 10.6 Å². The van der Waals surface area contributed by atoms with Crippen LogP contribution in [0, 0.1) is 0 Å². The maximum atomic E-state index is 11.4. The maximum absolute atomic E-state index is 11.4. The SMILES string of the molecule is C/C(=N\O)C(=O)c1cccc(Cl)c1. The van der Waals surface area contributed by atoms with E-state index in [1.165, 1.54) is 13.0 Å². The van der Waals surface area contributed by atoms with E-state index in [0.717, 1.165) is 0 Å². The van der Waals surface area contributed by atoms with Crippen molar-refractivity contribution >= 4 is 23.1 Å². The molecule has 13 heavy (non-hydrogen) atoms. The molecule has 0 saturated carbocycles. The van der Waals surface area contributed by atoms with Crippen molar-refractivity contribution in [3.63, 3.8) is 0 Å². The largest absolute Gasteiger partial charge is 0.411 e. The monoisotopic (exact) mass is 197 g/mol. The number of nitrogens with zero attached hydrogens (tertiary/aromatic N) is 1. The van der Waals surface area contributed by atoms with Crippen LogP contribution >= 0.6 is 11.6 Å². The van der Waals surface area contributed by atoms with E-state index in [9.17, 15) is 4.79 Å². The molecule has 0 aliphatic carbocycles. The summed E-state index contributed by atoms with van der Waals surface area (Å²) in [7, 11) is 0. The summed E-state index contributed by atoms with van der Waals surface area (Å²) in [6.45, 7) is 1.43. The van der Waals surface area contributed by atoms with Crippen molar-refractivity contribution < 1.29 is 10.0 Å². The molecule has 3 nitrogen and oxygen atoms in total. The molecule has 1 aromatic rings. The Morgan fingerprint density at radius 1 is 1.54 bits per heavy atom. The second-order valence-electron chi connectivity index (χ2n) is 2.52. The van der Waals surface area contributed by atoms with Crippen LogP contribution in [-0.4, -0.2) is 16.7 Å². The number of Topliss-reactive ketones (excluding diaryl/α,β-unsaturated/α-hetero) is 1. The zero-order valence-electron chi connectivity index (χ0n) is 6.99. The molecule has 0 saturated heterocycles. The second kappa shape index (κ2) is 4.05. The summed E-state index contributed by atoms with van der Waals surface area (Å²) in [5.74, 6) is -0.329. The molecule has 4 heteroatoms. The van der Waals surface area contributed by atoms with Crippen molar-refractivity contribution in [3.05, 3.63) is 34.9 Å². The van der Waals surface area contributed by atoms with Gasteiger partial charge in [-0.2, -0.15) is 0 Å². The Morgan fingerprint density at radius 2 is 2.23 bits per heavy atom. The molecule has 1 N–H and O–H groups in total. The van der Waals surface area contributed by atoms with Gasteiger partial charge in [-0.05, 0) is 19.1 Å². The van der Waals surface area contributed by atoms with Gasteiger partial charge < -0.3 is 5.21 Å². The Balaban J connectivity index is 3.03. The highest BCUT2D eigenvalue weighted by Crippen LogP contribution is 2.11.